The van der Waals surface area contributed by atoms with Crippen molar-refractivity contribution < 1.29 is 14.3 Å². The van der Waals surface area contributed by atoms with Crippen LogP contribution in [0.2, 0.25) is 0 Å². The Morgan fingerprint density at radius 3 is 2.85 bits per heavy atom. The van der Waals surface area contributed by atoms with Crippen molar-refractivity contribution in [1.29, 1.82) is 0 Å². The molecule has 1 N–H and O–H groups in total. The van der Waals surface area contributed by atoms with Crippen molar-refractivity contribution in [3.63, 3.8) is 0 Å². The lowest BCUT2D eigenvalue weighted by molar-refractivity contribution is -0.118. The van der Waals surface area contributed by atoms with Crippen LogP contribution in [0.5, 0.6) is 11.5 Å². The molecule has 7 nitrogen and oxygen atoms in total. The van der Waals surface area contributed by atoms with Crippen molar-refractivity contribution in [3.8, 4) is 11.5 Å². The highest BCUT2D eigenvalue weighted by Gasteiger charge is 2.15. The molecule has 8 heteroatoms. The molecule has 0 radical (unpaired) electrons. The number of benzene rings is 1. The van der Waals surface area contributed by atoms with E-state index in [1.807, 2.05) is 24.3 Å². The number of hydrogen-bond acceptors (Lipinski definition) is 7. The number of thioether (sulfide) groups is 1. The number of piperidine rings is 1. The smallest absolute Gasteiger partial charge is 0.231 e. The van der Waals surface area contributed by atoms with Crippen LogP contribution in [0.4, 0.5) is 5.82 Å². The molecule has 0 bridgehead atoms. The minimum atomic E-state index is -0.0317. The van der Waals surface area contributed by atoms with Crippen LogP contribution in [-0.4, -0.2) is 41.5 Å². The van der Waals surface area contributed by atoms with Crippen LogP contribution in [0.1, 0.15) is 24.8 Å². The van der Waals surface area contributed by atoms with E-state index < -0.39 is 0 Å². The third-order valence-corrected chi connectivity index (χ3v) is 5.51. The number of nitrogens with zero attached hydrogens (tertiary/aromatic N) is 3. The van der Waals surface area contributed by atoms with Crippen molar-refractivity contribution >= 4 is 23.5 Å². The van der Waals surface area contributed by atoms with E-state index in [-0.39, 0.29) is 12.7 Å². The van der Waals surface area contributed by atoms with E-state index >= 15 is 0 Å². The zero-order valence-corrected chi connectivity index (χ0v) is 15.8. The molecular weight excluding hydrogens is 364 g/mol. The molecule has 1 fully saturated rings. The first-order valence-electron chi connectivity index (χ1n) is 9.13. The van der Waals surface area contributed by atoms with Crippen LogP contribution in [0.25, 0.3) is 0 Å². The van der Waals surface area contributed by atoms with Gasteiger partial charge in [0.05, 0.1) is 5.75 Å². The molecule has 1 amide bonds. The number of hydrogen-bond donors (Lipinski definition) is 1. The van der Waals surface area contributed by atoms with E-state index in [1.165, 1.54) is 31.0 Å². The molecule has 2 aromatic rings. The first-order valence-corrected chi connectivity index (χ1v) is 10.1. The number of rotatable bonds is 6. The summed E-state index contributed by atoms with van der Waals surface area (Å²) in [7, 11) is 0. The summed E-state index contributed by atoms with van der Waals surface area (Å²) >= 11 is 1.43. The summed E-state index contributed by atoms with van der Waals surface area (Å²) in [5.41, 5.74) is 0.979. The maximum absolute atomic E-state index is 12.2. The lowest BCUT2D eigenvalue weighted by Gasteiger charge is -2.27. The van der Waals surface area contributed by atoms with Gasteiger partial charge in [0.1, 0.15) is 17.2 Å². The normalized spacial score (nSPS) is 15.6. The first kappa shape index (κ1) is 17.9. The van der Waals surface area contributed by atoms with E-state index in [4.69, 9.17) is 9.47 Å². The maximum atomic E-state index is 12.2. The van der Waals surface area contributed by atoms with Gasteiger partial charge in [-0.2, -0.15) is 0 Å². The quantitative estimate of drug-likeness (QED) is 0.604. The van der Waals surface area contributed by atoms with E-state index in [1.54, 1.807) is 6.33 Å². The van der Waals surface area contributed by atoms with Gasteiger partial charge in [-0.3, -0.25) is 4.79 Å². The van der Waals surface area contributed by atoms with Crippen LogP contribution in [0.15, 0.2) is 35.6 Å². The minimum Gasteiger partial charge on any atom is -0.454 e. The molecule has 1 aromatic carbocycles. The Balaban J connectivity index is 1.26. The number of amides is 1. The van der Waals surface area contributed by atoms with Gasteiger partial charge in [0.15, 0.2) is 11.5 Å². The summed E-state index contributed by atoms with van der Waals surface area (Å²) in [6.07, 6.45) is 5.27. The molecule has 27 heavy (non-hydrogen) atoms. The Kier molecular flexibility index (Phi) is 5.62. The standard InChI is InChI=1S/C19H22N4O3S/c24-18(20-10-14-4-5-15-16(8-14)26-13-25-15)11-27-19-9-17(21-12-22-19)23-6-2-1-3-7-23/h4-5,8-9,12H,1-3,6-7,10-11,13H2,(H,20,24). The Bertz CT molecular complexity index is 811. The lowest BCUT2D eigenvalue weighted by Crippen LogP contribution is -2.30. The number of aromatic nitrogens is 2. The second kappa shape index (κ2) is 8.47. The summed E-state index contributed by atoms with van der Waals surface area (Å²) in [5.74, 6) is 2.71. The Morgan fingerprint density at radius 2 is 1.96 bits per heavy atom. The third kappa shape index (κ3) is 4.63. The molecule has 1 aromatic heterocycles. The van der Waals surface area contributed by atoms with Crippen molar-refractivity contribution in [2.45, 2.75) is 30.8 Å². The molecule has 2 aliphatic rings. The minimum absolute atomic E-state index is 0.0317. The molecule has 0 unspecified atom stereocenters. The highest BCUT2D eigenvalue weighted by atomic mass is 32.2. The number of anilines is 1. The van der Waals surface area contributed by atoms with Crippen molar-refractivity contribution in [2.24, 2.45) is 0 Å². The maximum Gasteiger partial charge on any atom is 0.231 e. The Labute approximate surface area is 162 Å². The number of fused-ring (bicyclic) bond motifs is 1. The molecule has 3 heterocycles. The van der Waals surface area contributed by atoms with Gasteiger partial charge in [0, 0.05) is 25.7 Å². The molecule has 4 rings (SSSR count). The molecule has 0 aliphatic carbocycles. The Morgan fingerprint density at radius 1 is 1.11 bits per heavy atom. The highest BCUT2D eigenvalue weighted by Crippen LogP contribution is 2.32. The summed E-state index contributed by atoms with van der Waals surface area (Å²) in [5, 5.41) is 3.75. The van der Waals surface area contributed by atoms with Gasteiger partial charge in [-0.05, 0) is 37.0 Å². The van der Waals surface area contributed by atoms with E-state index in [2.05, 4.69) is 20.2 Å². The summed E-state index contributed by atoms with van der Waals surface area (Å²) in [6.45, 7) is 2.78. The van der Waals surface area contributed by atoms with E-state index in [0.29, 0.717) is 12.3 Å². The molecule has 2 aliphatic heterocycles. The fourth-order valence-electron chi connectivity index (χ4n) is 3.15. The van der Waals surface area contributed by atoms with Crippen molar-refractivity contribution in [1.82, 2.24) is 15.3 Å². The molecule has 142 valence electrons. The van der Waals surface area contributed by atoms with Gasteiger partial charge >= 0.3 is 0 Å². The topological polar surface area (TPSA) is 76.6 Å². The predicted molar refractivity (Wildman–Crippen MR) is 103 cm³/mol. The summed E-state index contributed by atoms with van der Waals surface area (Å²) in [6, 6.07) is 7.66. The number of carbonyl (C=O) groups is 1. The lowest BCUT2D eigenvalue weighted by atomic mass is 10.1. The van der Waals surface area contributed by atoms with Gasteiger partial charge in [-0.25, -0.2) is 9.97 Å². The molecule has 0 saturated carbocycles. The number of nitrogens with one attached hydrogen (secondary N) is 1. The van der Waals surface area contributed by atoms with Gasteiger partial charge in [0.25, 0.3) is 0 Å². The fraction of sp³-hybridized carbons (Fsp3) is 0.421. The zero-order valence-electron chi connectivity index (χ0n) is 15.0. The fourth-order valence-corrected chi connectivity index (χ4v) is 3.84. The molecule has 1 saturated heterocycles. The van der Waals surface area contributed by atoms with Crippen LogP contribution in [-0.2, 0) is 11.3 Å². The average Bonchev–Trinajstić information content (AvgIpc) is 3.19. The molecular formula is C19H22N4O3S. The summed E-state index contributed by atoms with van der Waals surface area (Å²) < 4.78 is 10.6. The van der Waals surface area contributed by atoms with Gasteiger partial charge in [0.2, 0.25) is 12.7 Å². The SMILES string of the molecule is O=C(CSc1cc(N2CCCCC2)ncn1)NCc1ccc2c(c1)OCO2. The van der Waals surface area contributed by atoms with E-state index in [9.17, 15) is 4.79 Å². The van der Waals surface area contributed by atoms with Crippen LogP contribution < -0.4 is 19.7 Å². The van der Waals surface area contributed by atoms with Gasteiger partial charge in [-0.15, -0.1) is 0 Å². The highest BCUT2D eigenvalue weighted by molar-refractivity contribution is 7.99. The second-order valence-electron chi connectivity index (χ2n) is 6.52. The summed E-state index contributed by atoms with van der Waals surface area (Å²) in [4.78, 5) is 23.1. The van der Waals surface area contributed by atoms with Gasteiger partial charge in [-0.1, -0.05) is 17.8 Å². The second-order valence-corrected chi connectivity index (χ2v) is 7.51. The van der Waals surface area contributed by atoms with Gasteiger partial charge < -0.3 is 19.7 Å². The monoisotopic (exact) mass is 386 g/mol. The molecule has 0 spiro atoms. The Hall–Kier alpha value is -2.48. The van der Waals surface area contributed by atoms with E-state index in [0.717, 1.165) is 41.0 Å². The predicted octanol–water partition coefficient (Wildman–Crippen LogP) is 2.60. The third-order valence-electron chi connectivity index (χ3n) is 4.59. The van der Waals surface area contributed by atoms with Crippen LogP contribution >= 0.6 is 11.8 Å². The number of carbonyl (C=O) groups excluding carboxylic acids is 1. The zero-order chi connectivity index (χ0) is 18.5. The van der Waals surface area contributed by atoms with Crippen LogP contribution in [0.3, 0.4) is 0 Å². The van der Waals surface area contributed by atoms with Crippen molar-refractivity contribution in [3.05, 3.63) is 36.2 Å². The van der Waals surface area contributed by atoms with Crippen molar-refractivity contribution in [2.75, 3.05) is 30.5 Å². The average molecular weight is 386 g/mol. The van der Waals surface area contributed by atoms with Crippen LogP contribution in [0, 0.1) is 0 Å². The largest absolute Gasteiger partial charge is 0.454 e. The molecule has 0 atom stereocenters. The number of ether oxygens (including phenoxy) is 2. The first-order chi connectivity index (χ1) is 13.3.